The highest BCUT2D eigenvalue weighted by molar-refractivity contribution is 5.91. The van der Waals surface area contributed by atoms with E-state index in [9.17, 15) is 18.0 Å². The quantitative estimate of drug-likeness (QED) is 0.629. The maximum absolute atomic E-state index is 12.4. The van der Waals surface area contributed by atoms with Crippen LogP contribution >= 0.6 is 0 Å². The van der Waals surface area contributed by atoms with E-state index in [0.717, 1.165) is 17.8 Å². The number of aromatic nitrogens is 2. The maximum Gasteiger partial charge on any atom is 0.417 e. The fourth-order valence-corrected chi connectivity index (χ4v) is 1.75. The number of carbonyl (C=O) groups excluding carboxylic acids is 1. The molecule has 0 aliphatic rings. The molecule has 2 rings (SSSR count). The van der Waals surface area contributed by atoms with Crippen molar-refractivity contribution in [3.8, 4) is 0 Å². The Morgan fingerprint density at radius 3 is 2.62 bits per heavy atom. The molecule has 2 aromatic heterocycles. The summed E-state index contributed by atoms with van der Waals surface area (Å²) in [5, 5.41) is 5.47. The molecule has 0 aliphatic carbocycles. The minimum atomic E-state index is -4.40. The number of nitrogens with zero attached hydrogens (tertiary/aromatic N) is 2. The van der Waals surface area contributed by atoms with E-state index in [1.807, 2.05) is 6.07 Å². The van der Waals surface area contributed by atoms with Crippen molar-refractivity contribution in [3.63, 3.8) is 0 Å². The molecule has 5 nitrogen and oxygen atoms in total. The Morgan fingerprint density at radius 2 is 2.00 bits per heavy atom. The average Bonchev–Trinajstić information content (AvgIpc) is 2.57. The summed E-state index contributed by atoms with van der Waals surface area (Å²) >= 11 is 0. The topological polar surface area (TPSA) is 66.9 Å². The lowest BCUT2D eigenvalue weighted by Crippen LogP contribution is -2.27. The van der Waals surface area contributed by atoms with Crippen LogP contribution in [-0.2, 0) is 11.0 Å². The Bertz CT molecular complexity index is 685. The molecule has 0 unspecified atom stereocenters. The minimum absolute atomic E-state index is 0.277. The van der Waals surface area contributed by atoms with Gasteiger partial charge in [0.2, 0.25) is 5.91 Å². The van der Waals surface area contributed by atoms with Crippen molar-refractivity contribution in [3.05, 3.63) is 60.1 Å². The van der Waals surface area contributed by atoms with E-state index < -0.39 is 11.7 Å². The zero-order chi connectivity index (χ0) is 17.4. The second-order valence-corrected chi connectivity index (χ2v) is 4.77. The highest BCUT2D eigenvalue weighted by Crippen LogP contribution is 2.28. The second kappa shape index (κ2) is 8.09. The molecule has 0 aliphatic heterocycles. The van der Waals surface area contributed by atoms with E-state index in [0.29, 0.717) is 18.9 Å². The largest absolute Gasteiger partial charge is 0.417 e. The summed E-state index contributed by atoms with van der Waals surface area (Å²) in [6.07, 6.45) is 2.64. The van der Waals surface area contributed by atoms with Crippen LogP contribution in [0.1, 0.15) is 11.1 Å². The Hall–Kier alpha value is -2.90. The molecule has 0 aromatic carbocycles. The monoisotopic (exact) mass is 336 g/mol. The van der Waals surface area contributed by atoms with Gasteiger partial charge in [0, 0.05) is 37.8 Å². The number of rotatable bonds is 6. The third-order valence-electron chi connectivity index (χ3n) is 2.93. The van der Waals surface area contributed by atoms with E-state index in [1.54, 1.807) is 24.5 Å². The first kappa shape index (κ1) is 17.5. The molecule has 1 amide bonds. The highest BCUT2D eigenvalue weighted by Gasteiger charge is 2.30. The fraction of sp³-hybridized carbons (Fsp3) is 0.188. The number of halogens is 3. The van der Waals surface area contributed by atoms with Gasteiger partial charge in [-0.15, -0.1) is 0 Å². The molecule has 0 bridgehead atoms. The van der Waals surface area contributed by atoms with E-state index in [1.165, 1.54) is 12.1 Å². The Morgan fingerprint density at radius 1 is 1.17 bits per heavy atom. The predicted molar refractivity (Wildman–Crippen MR) is 84.0 cm³/mol. The summed E-state index contributed by atoms with van der Waals surface area (Å²) in [5.74, 6) is 0.0317. The first-order valence-electron chi connectivity index (χ1n) is 7.08. The summed E-state index contributed by atoms with van der Waals surface area (Å²) in [6, 6.07) is 5.77. The molecule has 0 spiro atoms. The highest BCUT2D eigenvalue weighted by atomic mass is 19.4. The van der Waals surface area contributed by atoms with Gasteiger partial charge in [-0.1, -0.05) is 6.07 Å². The Kier molecular flexibility index (Phi) is 5.89. The molecule has 8 heteroatoms. The zero-order valence-electron chi connectivity index (χ0n) is 12.5. The lowest BCUT2D eigenvalue weighted by molar-refractivity contribution is -0.137. The van der Waals surface area contributed by atoms with Gasteiger partial charge in [-0.2, -0.15) is 13.2 Å². The molecule has 2 aromatic rings. The van der Waals surface area contributed by atoms with Gasteiger partial charge in [-0.05, 0) is 29.8 Å². The third kappa shape index (κ3) is 5.71. The van der Waals surface area contributed by atoms with Crippen molar-refractivity contribution in [1.82, 2.24) is 15.3 Å². The molecule has 0 atom stereocenters. The van der Waals surface area contributed by atoms with Crippen LogP contribution in [0.15, 0.2) is 48.9 Å². The van der Waals surface area contributed by atoms with Crippen molar-refractivity contribution in [1.29, 1.82) is 0 Å². The summed E-state index contributed by atoms with van der Waals surface area (Å²) in [7, 11) is 0. The molecule has 24 heavy (non-hydrogen) atoms. The van der Waals surface area contributed by atoms with Crippen LogP contribution < -0.4 is 10.6 Å². The molecule has 0 saturated carbocycles. The van der Waals surface area contributed by atoms with Crippen LogP contribution in [0.4, 0.5) is 19.0 Å². The number of pyridine rings is 2. The van der Waals surface area contributed by atoms with Crippen molar-refractivity contribution in [2.75, 3.05) is 18.4 Å². The number of carbonyl (C=O) groups is 1. The van der Waals surface area contributed by atoms with E-state index in [-0.39, 0.29) is 5.91 Å². The summed E-state index contributed by atoms with van der Waals surface area (Å²) < 4.78 is 37.2. The van der Waals surface area contributed by atoms with Gasteiger partial charge in [0.05, 0.1) is 5.56 Å². The van der Waals surface area contributed by atoms with Crippen LogP contribution in [0.3, 0.4) is 0 Å². The molecule has 126 valence electrons. The van der Waals surface area contributed by atoms with Crippen molar-refractivity contribution in [2.45, 2.75) is 6.18 Å². The molecule has 0 saturated heterocycles. The van der Waals surface area contributed by atoms with Crippen molar-refractivity contribution < 1.29 is 18.0 Å². The van der Waals surface area contributed by atoms with Gasteiger partial charge in [-0.25, -0.2) is 4.98 Å². The van der Waals surface area contributed by atoms with Gasteiger partial charge in [0.25, 0.3) is 0 Å². The van der Waals surface area contributed by atoms with Crippen LogP contribution in [0, 0.1) is 0 Å². The molecule has 2 heterocycles. The van der Waals surface area contributed by atoms with Crippen molar-refractivity contribution in [2.24, 2.45) is 0 Å². The lowest BCUT2D eigenvalue weighted by Gasteiger charge is -2.08. The second-order valence-electron chi connectivity index (χ2n) is 4.77. The number of alkyl halides is 3. The fourth-order valence-electron chi connectivity index (χ4n) is 1.75. The summed E-state index contributed by atoms with van der Waals surface area (Å²) in [5.41, 5.74) is 0.00150. The first-order valence-corrected chi connectivity index (χ1v) is 7.08. The standard InChI is InChI=1S/C16H15F3N4O/c17-16(18,19)13-4-5-14(23-11-13)21-8-9-22-15(24)6-3-12-2-1-7-20-10-12/h1-7,10-11H,8-9H2,(H,21,23)(H,22,24). The van der Waals surface area contributed by atoms with Gasteiger partial charge < -0.3 is 10.6 Å². The lowest BCUT2D eigenvalue weighted by atomic mass is 10.2. The minimum Gasteiger partial charge on any atom is -0.368 e. The first-order chi connectivity index (χ1) is 11.4. The Balaban J connectivity index is 1.71. The van der Waals surface area contributed by atoms with Crippen LogP contribution in [-0.4, -0.2) is 29.0 Å². The third-order valence-corrected chi connectivity index (χ3v) is 2.93. The maximum atomic E-state index is 12.4. The van der Waals surface area contributed by atoms with Crippen molar-refractivity contribution >= 4 is 17.8 Å². The van der Waals surface area contributed by atoms with Crippen LogP contribution in [0.5, 0.6) is 0 Å². The van der Waals surface area contributed by atoms with Gasteiger partial charge in [0.1, 0.15) is 5.82 Å². The van der Waals surface area contributed by atoms with Gasteiger partial charge in [-0.3, -0.25) is 9.78 Å². The average molecular weight is 336 g/mol. The number of hydrogen-bond acceptors (Lipinski definition) is 4. The summed E-state index contributed by atoms with van der Waals surface area (Å²) in [4.78, 5) is 19.2. The van der Waals surface area contributed by atoms with Crippen LogP contribution in [0.25, 0.3) is 6.08 Å². The Labute approximate surface area is 136 Å². The summed E-state index contributed by atoms with van der Waals surface area (Å²) in [6.45, 7) is 0.643. The SMILES string of the molecule is O=C(C=Cc1cccnc1)NCCNc1ccc(C(F)(F)F)cn1. The number of hydrogen-bond donors (Lipinski definition) is 2. The van der Waals surface area contributed by atoms with Gasteiger partial charge in [0.15, 0.2) is 0 Å². The van der Waals surface area contributed by atoms with E-state index >= 15 is 0 Å². The van der Waals surface area contributed by atoms with Crippen LogP contribution in [0.2, 0.25) is 0 Å². The number of amides is 1. The smallest absolute Gasteiger partial charge is 0.368 e. The number of anilines is 1. The number of nitrogens with one attached hydrogen (secondary N) is 2. The van der Waals surface area contributed by atoms with E-state index in [2.05, 4.69) is 20.6 Å². The molecule has 0 fully saturated rings. The molecular formula is C16H15F3N4O. The molecule has 0 radical (unpaired) electrons. The van der Waals surface area contributed by atoms with E-state index in [4.69, 9.17) is 0 Å². The normalized spacial score (nSPS) is 11.5. The molecular weight excluding hydrogens is 321 g/mol. The van der Waals surface area contributed by atoms with Gasteiger partial charge >= 0.3 is 6.18 Å². The zero-order valence-corrected chi connectivity index (χ0v) is 12.5. The predicted octanol–water partition coefficient (Wildman–Crippen LogP) is 2.74. The molecule has 2 N–H and O–H groups in total.